The zero-order chi connectivity index (χ0) is 14.1. The van der Waals surface area contributed by atoms with E-state index in [4.69, 9.17) is 23.2 Å². The van der Waals surface area contributed by atoms with Gasteiger partial charge in [0.1, 0.15) is 0 Å². The lowest BCUT2D eigenvalue weighted by atomic mass is 10.2. The smallest absolute Gasteiger partial charge is 0.276 e. The van der Waals surface area contributed by atoms with Crippen LogP contribution in [0.2, 0.25) is 10.0 Å². The number of nitrogens with one attached hydrogen (secondary N) is 1. The molecule has 1 N–H and O–H groups in total. The molecule has 4 nitrogen and oxygen atoms in total. The molecule has 20 heavy (non-hydrogen) atoms. The van der Waals surface area contributed by atoms with Crippen molar-refractivity contribution in [1.29, 1.82) is 0 Å². The number of aromatic nitrogens is 2. The highest BCUT2D eigenvalue weighted by molar-refractivity contribution is 6.42. The second kappa shape index (κ2) is 5.38. The number of benzene rings is 1. The Kier molecular flexibility index (Phi) is 3.59. The first-order chi connectivity index (χ1) is 9.63. The molecule has 1 aliphatic rings. The van der Waals surface area contributed by atoms with Crippen molar-refractivity contribution in [2.24, 2.45) is 0 Å². The van der Waals surface area contributed by atoms with Crippen molar-refractivity contribution < 1.29 is 4.79 Å². The van der Waals surface area contributed by atoms with Gasteiger partial charge in [-0.3, -0.25) is 4.79 Å². The number of halogens is 2. The predicted octanol–water partition coefficient (Wildman–Crippen LogP) is 3.91. The molecule has 0 spiro atoms. The first-order valence-electron chi connectivity index (χ1n) is 6.23. The lowest BCUT2D eigenvalue weighted by Crippen LogP contribution is -2.14. The van der Waals surface area contributed by atoms with Crippen LogP contribution in [0.3, 0.4) is 0 Å². The van der Waals surface area contributed by atoms with Crippen LogP contribution >= 0.6 is 23.2 Å². The van der Waals surface area contributed by atoms with Gasteiger partial charge in [0.15, 0.2) is 5.69 Å². The summed E-state index contributed by atoms with van der Waals surface area (Å²) in [5.41, 5.74) is 1.80. The Hall–Kier alpha value is -1.65. The number of carbonyl (C=O) groups is 1. The summed E-state index contributed by atoms with van der Waals surface area (Å²) in [6.07, 6.45) is 2.31. The molecule has 0 atom stereocenters. The SMILES string of the molecule is O=C(Nc1ccc(Cl)c(Cl)c1)c1ccc(C2CC2)nn1. The van der Waals surface area contributed by atoms with E-state index in [-0.39, 0.29) is 11.6 Å². The third kappa shape index (κ3) is 2.92. The summed E-state index contributed by atoms with van der Waals surface area (Å²) in [6.45, 7) is 0. The molecule has 3 rings (SSSR count). The highest BCUT2D eigenvalue weighted by atomic mass is 35.5. The summed E-state index contributed by atoms with van der Waals surface area (Å²) in [4.78, 5) is 12.0. The summed E-state index contributed by atoms with van der Waals surface area (Å²) in [7, 11) is 0. The average Bonchev–Trinajstić information content (AvgIpc) is 3.28. The first-order valence-corrected chi connectivity index (χ1v) is 6.99. The Bertz CT molecular complexity index is 654. The molecule has 1 fully saturated rings. The van der Waals surface area contributed by atoms with Gasteiger partial charge >= 0.3 is 0 Å². The quantitative estimate of drug-likeness (QED) is 0.935. The zero-order valence-electron chi connectivity index (χ0n) is 10.4. The van der Waals surface area contributed by atoms with Crippen LogP contribution in [0.5, 0.6) is 0 Å². The normalized spacial score (nSPS) is 14.1. The maximum absolute atomic E-state index is 12.0. The number of hydrogen-bond donors (Lipinski definition) is 1. The Morgan fingerprint density at radius 1 is 1.10 bits per heavy atom. The zero-order valence-corrected chi connectivity index (χ0v) is 11.9. The van der Waals surface area contributed by atoms with Crippen molar-refractivity contribution in [3.63, 3.8) is 0 Å². The second-order valence-electron chi connectivity index (χ2n) is 4.70. The Balaban J connectivity index is 1.73. The third-order valence-electron chi connectivity index (χ3n) is 3.09. The van der Waals surface area contributed by atoms with Crippen molar-refractivity contribution in [3.8, 4) is 0 Å². The van der Waals surface area contributed by atoms with Gasteiger partial charge in [-0.25, -0.2) is 0 Å². The Labute approximate surface area is 126 Å². The molecule has 6 heteroatoms. The van der Waals surface area contributed by atoms with Gasteiger partial charge in [-0.2, -0.15) is 5.10 Å². The molecular weight excluding hydrogens is 297 g/mol. The minimum Gasteiger partial charge on any atom is -0.321 e. The second-order valence-corrected chi connectivity index (χ2v) is 5.52. The van der Waals surface area contributed by atoms with Crippen LogP contribution in [0.25, 0.3) is 0 Å². The summed E-state index contributed by atoms with van der Waals surface area (Å²) >= 11 is 11.7. The van der Waals surface area contributed by atoms with Gasteiger partial charge in [0.05, 0.1) is 15.7 Å². The Morgan fingerprint density at radius 3 is 2.50 bits per heavy atom. The van der Waals surface area contributed by atoms with Crippen LogP contribution in [0.15, 0.2) is 30.3 Å². The molecule has 1 heterocycles. The maximum atomic E-state index is 12.0. The molecule has 102 valence electrons. The van der Waals surface area contributed by atoms with E-state index in [1.54, 1.807) is 24.3 Å². The average molecular weight is 308 g/mol. The van der Waals surface area contributed by atoms with Crippen molar-refractivity contribution in [3.05, 3.63) is 51.8 Å². The fourth-order valence-corrected chi connectivity index (χ4v) is 2.13. The molecule has 1 aliphatic carbocycles. The van der Waals surface area contributed by atoms with Crippen LogP contribution in [0, 0.1) is 0 Å². The summed E-state index contributed by atoms with van der Waals surface area (Å²) in [5.74, 6) is 0.202. The number of carbonyl (C=O) groups excluding carboxylic acids is 1. The standard InChI is InChI=1S/C14H11Cl2N3O/c15-10-4-3-9(7-11(10)16)17-14(20)13-6-5-12(18-19-13)8-1-2-8/h3-8H,1-2H2,(H,17,20). The van der Waals surface area contributed by atoms with E-state index in [9.17, 15) is 4.79 Å². The number of nitrogens with zero attached hydrogens (tertiary/aromatic N) is 2. The van der Waals surface area contributed by atoms with Crippen LogP contribution in [-0.4, -0.2) is 16.1 Å². The minimum atomic E-state index is -0.321. The van der Waals surface area contributed by atoms with Crippen LogP contribution < -0.4 is 5.32 Å². The van der Waals surface area contributed by atoms with Gasteiger partial charge in [-0.05, 0) is 43.2 Å². The van der Waals surface area contributed by atoms with Gasteiger partial charge < -0.3 is 5.32 Å². The topological polar surface area (TPSA) is 54.9 Å². The van der Waals surface area contributed by atoms with E-state index in [1.165, 1.54) is 0 Å². The molecule has 1 saturated carbocycles. The largest absolute Gasteiger partial charge is 0.321 e. The third-order valence-corrected chi connectivity index (χ3v) is 3.83. The predicted molar refractivity (Wildman–Crippen MR) is 78.4 cm³/mol. The number of anilines is 1. The highest BCUT2D eigenvalue weighted by Crippen LogP contribution is 2.38. The van der Waals surface area contributed by atoms with Gasteiger partial charge in [-0.1, -0.05) is 23.2 Å². The van der Waals surface area contributed by atoms with Gasteiger partial charge in [-0.15, -0.1) is 5.10 Å². The van der Waals surface area contributed by atoms with Crippen LogP contribution in [0.1, 0.15) is 34.9 Å². The van der Waals surface area contributed by atoms with Gasteiger partial charge in [0.2, 0.25) is 0 Å². The molecule has 0 radical (unpaired) electrons. The summed E-state index contributed by atoms with van der Waals surface area (Å²) in [6, 6.07) is 8.44. The highest BCUT2D eigenvalue weighted by Gasteiger charge is 2.25. The molecule has 2 aromatic rings. The lowest BCUT2D eigenvalue weighted by molar-refractivity contribution is 0.102. The van der Waals surface area contributed by atoms with Crippen LogP contribution in [-0.2, 0) is 0 Å². The van der Waals surface area contributed by atoms with E-state index in [2.05, 4.69) is 15.5 Å². The monoisotopic (exact) mass is 307 g/mol. The van der Waals surface area contributed by atoms with Crippen molar-refractivity contribution in [2.45, 2.75) is 18.8 Å². The number of rotatable bonds is 3. The van der Waals surface area contributed by atoms with Crippen molar-refractivity contribution in [2.75, 3.05) is 5.32 Å². The summed E-state index contributed by atoms with van der Waals surface area (Å²) in [5, 5.41) is 11.6. The summed E-state index contributed by atoms with van der Waals surface area (Å²) < 4.78 is 0. The van der Waals surface area contributed by atoms with E-state index < -0.39 is 0 Å². The minimum absolute atomic E-state index is 0.278. The molecule has 0 bridgehead atoms. The molecule has 1 aromatic heterocycles. The van der Waals surface area contributed by atoms with E-state index in [0.717, 1.165) is 18.5 Å². The van der Waals surface area contributed by atoms with Crippen LogP contribution in [0.4, 0.5) is 5.69 Å². The van der Waals surface area contributed by atoms with E-state index in [1.807, 2.05) is 6.07 Å². The van der Waals surface area contributed by atoms with Crippen molar-refractivity contribution >= 4 is 34.8 Å². The van der Waals surface area contributed by atoms with E-state index >= 15 is 0 Å². The molecule has 0 aliphatic heterocycles. The first kappa shape index (κ1) is 13.3. The Morgan fingerprint density at radius 2 is 1.90 bits per heavy atom. The molecule has 1 amide bonds. The number of hydrogen-bond acceptors (Lipinski definition) is 3. The van der Waals surface area contributed by atoms with E-state index in [0.29, 0.717) is 21.7 Å². The van der Waals surface area contributed by atoms with Gasteiger partial charge in [0.25, 0.3) is 5.91 Å². The lowest BCUT2D eigenvalue weighted by Gasteiger charge is -2.06. The fourth-order valence-electron chi connectivity index (χ4n) is 1.83. The van der Waals surface area contributed by atoms with Crippen molar-refractivity contribution in [1.82, 2.24) is 10.2 Å². The molecule has 0 saturated heterocycles. The molecular formula is C14H11Cl2N3O. The maximum Gasteiger partial charge on any atom is 0.276 e. The fraction of sp³-hybridized carbons (Fsp3) is 0.214. The van der Waals surface area contributed by atoms with Gasteiger partial charge in [0, 0.05) is 11.6 Å². The number of amides is 1. The molecule has 0 unspecified atom stereocenters. The molecule has 1 aromatic carbocycles.